The molecule has 25 heavy (non-hydrogen) atoms. The molecule has 128 valence electrons. The highest BCUT2D eigenvalue weighted by atomic mass is 16.3. The number of hydrogen-bond acceptors (Lipinski definition) is 3. The molecule has 0 atom stereocenters. The molecule has 2 aliphatic rings. The van der Waals surface area contributed by atoms with Gasteiger partial charge in [0.15, 0.2) is 0 Å². The number of nitrogens with zero attached hydrogens (tertiary/aromatic N) is 1. The fourth-order valence-electron chi connectivity index (χ4n) is 4.09. The van der Waals surface area contributed by atoms with E-state index in [1.165, 1.54) is 4.90 Å². The van der Waals surface area contributed by atoms with Gasteiger partial charge in [-0.3, -0.25) is 14.5 Å². The molecular weight excluding hydrogens is 314 g/mol. The summed E-state index contributed by atoms with van der Waals surface area (Å²) in [5.41, 5.74) is 1.36. The van der Waals surface area contributed by atoms with Gasteiger partial charge in [-0.1, -0.05) is 42.5 Å². The van der Waals surface area contributed by atoms with E-state index in [1.807, 2.05) is 30.3 Å². The van der Waals surface area contributed by atoms with Gasteiger partial charge in [0.05, 0.1) is 16.7 Å². The van der Waals surface area contributed by atoms with Crippen LogP contribution in [0, 0.1) is 0 Å². The molecule has 0 aromatic heterocycles. The lowest BCUT2D eigenvalue weighted by Crippen LogP contribution is -2.46. The Morgan fingerprint density at radius 3 is 1.96 bits per heavy atom. The van der Waals surface area contributed by atoms with Crippen molar-refractivity contribution in [3.05, 3.63) is 71.3 Å². The Labute approximate surface area is 147 Å². The number of aliphatic hydroxyl groups is 1. The van der Waals surface area contributed by atoms with E-state index in [-0.39, 0.29) is 17.9 Å². The lowest BCUT2D eigenvalue weighted by atomic mass is 9.78. The van der Waals surface area contributed by atoms with Crippen molar-refractivity contribution in [1.82, 2.24) is 4.90 Å². The summed E-state index contributed by atoms with van der Waals surface area (Å²) in [5, 5.41) is 10.9. The summed E-state index contributed by atoms with van der Waals surface area (Å²) < 4.78 is 0. The predicted molar refractivity (Wildman–Crippen MR) is 94.3 cm³/mol. The van der Waals surface area contributed by atoms with Crippen molar-refractivity contribution < 1.29 is 14.7 Å². The van der Waals surface area contributed by atoms with Gasteiger partial charge in [0.2, 0.25) is 0 Å². The molecule has 1 heterocycles. The van der Waals surface area contributed by atoms with Gasteiger partial charge in [-0.05, 0) is 43.4 Å². The Balaban J connectivity index is 1.46. The highest BCUT2D eigenvalue weighted by Crippen LogP contribution is 2.36. The van der Waals surface area contributed by atoms with E-state index < -0.39 is 5.60 Å². The highest BCUT2D eigenvalue weighted by Gasteiger charge is 2.43. The number of rotatable bonds is 3. The second-order valence-corrected chi connectivity index (χ2v) is 7.14. The first kappa shape index (κ1) is 16.0. The van der Waals surface area contributed by atoms with Gasteiger partial charge < -0.3 is 5.11 Å². The molecule has 1 aliphatic heterocycles. The molecule has 4 nitrogen and oxygen atoms in total. The van der Waals surface area contributed by atoms with Crippen LogP contribution in [0.4, 0.5) is 0 Å². The normalized spacial score (nSPS) is 26.0. The number of fused-ring (bicyclic) bond motifs is 1. The van der Waals surface area contributed by atoms with Crippen molar-refractivity contribution in [2.24, 2.45) is 0 Å². The second-order valence-electron chi connectivity index (χ2n) is 7.14. The zero-order valence-corrected chi connectivity index (χ0v) is 14.0. The number of carbonyl (C=O) groups is 2. The molecule has 1 N–H and O–H groups in total. The first-order valence-electron chi connectivity index (χ1n) is 8.81. The van der Waals surface area contributed by atoms with Gasteiger partial charge in [0.25, 0.3) is 11.8 Å². The molecule has 1 aliphatic carbocycles. The number of imide groups is 1. The molecule has 0 bridgehead atoms. The van der Waals surface area contributed by atoms with Gasteiger partial charge in [-0.15, -0.1) is 0 Å². The monoisotopic (exact) mass is 335 g/mol. The third-order valence-corrected chi connectivity index (χ3v) is 5.45. The lowest BCUT2D eigenvalue weighted by molar-refractivity contribution is -0.0151. The molecule has 0 saturated heterocycles. The van der Waals surface area contributed by atoms with Crippen molar-refractivity contribution in [3.63, 3.8) is 0 Å². The second kappa shape index (κ2) is 6.12. The summed E-state index contributed by atoms with van der Waals surface area (Å²) in [6.07, 6.45) is 3.10. The fourth-order valence-corrected chi connectivity index (χ4v) is 4.09. The van der Waals surface area contributed by atoms with E-state index in [0.717, 1.165) is 5.56 Å². The van der Waals surface area contributed by atoms with Crippen molar-refractivity contribution in [1.29, 1.82) is 0 Å². The summed E-state index contributed by atoms with van der Waals surface area (Å²) >= 11 is 0. The third-order valence-electron chi connectivity index (χ3n) is 5.45. The third kappa shape index (κ3) is 2.87. The molecule has 2 amide bonds. The summed E-state index contributed by atoms with van der Waals surface area (Å²) in [6, 6.07) is 16.8. The maximum absolute atomic E-state index is 12.6. The summed E-state index contributed by atoms with van der Waals surface area (Å²) in [5.74, 6) is -0.391. The quantitative estimate of drug-likeness (QED) is 0.877. The average Bonchev–Trinajstić information content (AvgIpc) is 2.88. The van der Waals surface area contributed by atoms with Gasteiger partial charge in [0, 0.05) is 12.5 Å². The predicted octanol–water partition coefficient (Wildman–Crippen LogP) is 3.20. The number of benzene rings is 2. The maximum atomic E-state index is 12.6. The minimum absolute atomic E-state index is 0.122. The molecule has 2 aromatic rings. The van der Waals surface area contributed by atoms with Crippen molar-refractivity contribution >= 4 is 11.8 Å². The Hall–Kier alpha value is -2.46. The minimum Gasteiger partial charge on any atom is -0.390 e. The van der Waals surface area contributed by atoms with Crippen LogP contribution in [-0.2, 0) is 6.42 Å². The van der Waals surface area contributed by atoms with Crippen LogP contribution in [0.15, 0.2) is 54.6 Å². The van der Waals surface area contributed by atoms with Crippen LogP contribution < -0.4 is 0 Å². The van der Waals surface area contributed by atoms with Crippen LogP contribution in [0.25, 0.3) is 0 Å². The van der Waals surface area contributed by atoms with E-state index in [0.29, 0.717) is 43.2 Å². The minimum atomic E-state index is -0.753. The number of carbonyl (C=O) groups excluding carboxylic acids is 2. The van der Waals surface area contributed by atoms with Crippen molar-refractivity contribution in [2.75, 3.05) is 0 Å². The van der Waals surface area contributed by atoms with E-state index in [1.54, 1.807) is 24.3 Å². The van der Waals surface area contributed by atoms with Crippen molar-refractivity contribution in [2.45, 2.75) is 43.7 Å². The molecule has 4 heteroatoms. The van der Waals surface area contributed by atoms with Crippen LogP contribution >= 0.6 is 0 Å². The van der Waals surface area contributed by atoms with Crippen LogP contribution in [0.5, 0.6) is 0 Å². The zero-order chi connectivity index (χ0) is 17.4. The first-order chi connectivity index (χ1) is 12.1. The summed E-state index contributed by atoms with van der Waals surface area (Å²) in [6.45, 7) is 0. The Morgan fingerprint density at radius 1 is 0.880 bits per heavy atom. The molecule has 1 saturated carbocycles. The molecule has 4 rings (SSSR count). The molecule has 0 radical (unpaired) electrons. The Morgan fingerprint density at radius 2 is 1.40 bits per heavy atom. The topological polar surface area (TPSA) is 57.6 Å². The highest BCUT2D eigenvalue weighted by molar-refractivity contribution is 6.21. The largest absolute Gasteiger partial charge is 0.390 e. The first-order valence-corrected chi connectivity index (χ1v) is 8.81. The molecular formula is C21H21NO3. The zero-order valence-electron chi connectivity index (χ0n) is 14.0. The Bertz CT molecular complexity index is 772. The van der Waals surface area contributed by atoms with E-state index in [9.17, 15) is 14.7 Å². The smallest absolute Gasteiger partial charge is 0.261 e. The van der Waals surface area contributed by atoms with Crippen LogP contribution in [0.2, 0.25) is 0 Å². The van der Waals surface area contributed by atoms with Gasteiger partial charge >= 0.3 is 0 Å². The van der Waals surface area contributed by atoms with E-state index >= 15 is 0 Å². The fraction of sp³-hybridized carbons (Fsp3) is 0.333. The number of amides is 2. The molecule has 0 spiro atoms. The SMILES string of the molecule is O=C1c2ccccc2C(=O)N1C1CCC(O)(Cc2ccccc2)CC1. The van der Waals surface area contributed by atoms with Crippen molar-refractivity contribution in [3.8, 4) is 0 Å². The molecule has 0 unspecified atom stereocenters. The molecule has 1 fully saturated rings. The molecule has 2 aromatic carbocycles. The maximum Gasteiger partial charge on any atom is 0.261 e. The number of hydrogen-bond donors (Lipinski definition) is 1. The standard InChI is InChI=1S/C21H21NO3/c23-19-17-8-4-5-9-18(17)20(24)22(19)16-10-12-21(25,13-11-16)14-15-6-2-1-3-7-15/h1-9,16,25H,10-14H2. The average molecular weight is 335 g/mol. The van der Waals surface area contributed by atoms with Gasteiger partial charge in [-0.2, -0.15) is 0 Å². The van der Waals surface area contributed by atoms with Crippen LogP contribution in [0.3, 0.4) is 0 Å². The van der Waals surface area contributed by atoms with Crippen LogP contribution in [0.1, 0.15) is 52.0 Å². The Kier molecular flexibility index (Phi) is 3.92. The summed E-state index contributed by atoms with van der Waals surface area (Å²) in [7, 11) is 0. The van der Waals surface area contributed by atoms with Crippen LogP contribution in [-0.4, -0.2) is 33.5 Å². The summed E-state index contributed by atoms with van der Waals surface area (Å²) in [4.78, 5) is 26.6. The van der Waals surface area contributed by atoms with Gasteiger partial charge in [0.1, 0.15) is 0 Å². The van der Waals surface area contributed by atoms with E-state index in [4.69, 9.17) is 0 Å². The van der Waals surface area contributed by atoms with E-state index in [2.05, 4.69) is 0 Å². The van der Waals surface area contributed by atoms with Gasteiger partial charge in [-0.25, -0.2) is 0 Å². The lowest BCUT2D eigenvalue weighted by Gasteiger charge is -2.39.